The minimum atomic E-state index is 0. The molecule has 1 aromatic carbocycles. The zero-order valence-corrected chi connectivity index (χ0v) is 17.9. The second-order valence-electron chi connectivity index (χ2n) is 7.22. The highest BCUT2D eigenvalue weighted by Gasteiger charge is 2.31. The summed E-state index contributed by atoms with van der Waals surface area (Å²) >= 11 is 12.1. The third-order valence-electron chi connectivity index (χ3n) is 5.28. The van der Waals surface area contributed by atoms with Crippen LogP contribution in [0, 0.1) is 0 Å². The largest absolute Gasteiger partial charge is 0.336 e. The summed E-state index contributed by atoms with van der Waals surface area (Å²) in [5.41, 5.74) is 0.915. The molecular weight excluding hydrogens is 405 g/mol. The van der Waals surface area contributed by atoms with Crippen LogP contribution in [0.5, 0.6) is 0 Å². The molecule has 7 heteroatoms. The quantitative estimate of drug-likeness (QED) is 0.641. The highest BCUT2D eigenvalue weighted by atomic mass is 35.5. The van der Waals surface area contributed by atoms with E-state index in [0.29, 0.717) is 16.5 Å². The second kappa shape index (κ2) is 10.7. The first-order valence-electron chi connectivity index (χ1n) is 9.36. The lowest BCUT2D eigenvalue weighted by atomic mass is 10.1. The Morgan fingerprint density at radius 2 is 1.85 bits per heavy atom. The van der Waals surface area contributed by atoms with Crippen molar-refractivity contribution in [3.05, 3.63) is 46.5 Å². The maximum Gasteiger partial charge on any atom is 0.227 e. The summed E-state index contributed by atoms with van der Waals surface area (Å²) in [5, 5.41) is 1.02. The van der Waals surface area contributed by atoms with Crippen LogP contribution in [0.25, 0.3) is 0 Å². The Hall–Kier alpha value is -0.780. The number of carbonyl (C=O) groups excluding carboxylic acids is 1. The molecule has 0 bridgehead atoms. The normalized spacial score (nSPS) is 21.1. The number of likely N-dealkylation sites (tertiary alicyclic amines) is 1. The van der Waals surface area contributed by atoms with Gasteiger partial charge in [0.05, 0.1) is 22.5 Å². The Bertz CT molecular complexity index is 649. The molecule has 1 aromatic rings. The molecule has 1 atom stereocenters. The van der Waals surface area contributed by atoms with Crippen molar-refractivity contribution >= 4 is 41.5 Å². The van der Waals surface area contributed by atoms with Crippen molar-refractivity contribution < 1.29 is 4.79 Å². The molecule has 3 rings (SSSR count). The molecule has 0 radical (unpaired) electrons. The van der Waals surface area contributed by atoms with Gasteiger partial charge in [0.2, 0.25) is 5.91 Å². The lowest BCUT2D eigenvalue weighted by Crippen LogP contribution is -2.58. The zero-order valence-electron chi connectivity index (χ0n) is 15.6. The number of piperazine rings is 1. The lowest BCUT2D eigenvalue weighted by Gasteiger charge is -2.42. The Kier molecular flexibility index (Phi) is 8.90. The molecule has 0 aromatic heterocycles. The number of nitrogens with zero attached hydrogens (tertiary/aromatic N) is 3. The number of hydrogen-bond acceptors (Lipinski definition) is 3. The van der Waals surface area contributed by atoms with E-state index in [-0.39, 0.29) is 24.4 Å². The first-order chi connectivity index (χ1) is 12.6. The van der Waals surface area contributed by atoms with Crippen molar-refractivity contribution in [3.8, 4) is 0 Å². The van der Waals surface area contributed by atoms with Crippen LogP contribution in [-0.4, -0.2) is 72.5 Å². The molecule has 0 spiro atoms. The fourth-order valence-corrected chi connectivity index (χ4v) is 4.26. The average molecular weight is 433 g/mol. The summed E-state index contributed by atoms with van der Waals surface area (Å²) in [6, 6.07) is 5.67. The molecule has 0 N–H and O–H groups in total. The number of rotatable bonds is 6. The highest BCUT2D eigenvalue weighted by molar-refractivity contribution is 6.42. The summed E-state index contributed by atoms with van der Waals surface area (Å²) in [5.74, 6) is 0.172. The lowest BCUT2D eigenvalue weighted by molar-refractivity contribution is -0.135. The predicted molar refractivity (Wildman–Crippen MR) is 115 cm³/mol. The number of amides is 1. The van der Waals surface area contributed by atoms with Crippen LogP contribution in [0.2, 0.25) is 10.0 Å². The predicted octanol–water partition coefficient (Wildman–Crippen LogP) is 3.75. The van der Waals surface area contributed by atoms with E-state index in [1.54, 1.807) is 12.1 Å². The molecule has 2 fully saturated rings. The van der Waals surface area contributed by atoms with Crippen molar-refractivity contribution in [2.75, 3.05) is 45.8 Å². The summed E-state index contributed by atoms with van der Waals surface area (Å²) in [6.45, 7) is 10.6. The van der Waals surface area contributed by atoms with Crippen molar-refractivity contribution in [1.82, 2.24) is 14.7 Å². The molecule has 2 saturated heterocycles. The molecule has 2 aliphatic rings. The van der Waals surface area contributed by atoms with E-state index in [1.165, 1.54) is 12.8 Å². The molecule has 27 heavy (non-hydrogen) atoms. The fraction of sp³-hybridized carbons (Fsp3) is 0.550. The number of carbonyl (C=O) groups is 1. The third-order valence-corrected chi connectivity index (χ3v) is 6.02. The highest BCUT2D eigenvalue weighted by Crippen LogP contribution is 2.23. The summed E-state index contributed by atoms with van der Waals surface area (Å²) in [7, 11) is 0. The molecule has 2 aliphatic heterocycles. The Morgan fingerprint density at radius 1 is 1.11 bits per heavy atom. The van der Waals surface area contributed by atoms with Gasteiger partial charge < -0.3 is 9.80 Å². The van der Waals surface area contributed by atoms with Crippen LogP contribution in [-0.2, 0) is 11.2 Å². The Labute approximate surface area is 178 Å². The van der Waals surface area contributed by atoms with Gasteiger partial charge in [-0.15, -0.1) is 19.0 Å². The average Bonchev–Trinajstić information content (AvgIpc) is 3.12. The molecule has 2 heterocycles. The summed E-state index contributed by atoms with van der Waals surface area (Å²) in [4.78, 5) is 19.9. The van der Waals surface area contributed by atoms with E-state index < -0.39 is 0 Å². The summed E-state index contributed by atoms with van der Waals surface area (Å²) in [6.07, 6.45) is 4.84. The smallest absolute Gasteiger partial charge is 0.227 e. The van der Waals surface area contributed by atoms with E-state index in [2.05, 4.69) is 21.3 Å². The van der Waals surface area contributed by atoms with Crippen molar-refractivity contribution in [3.63, 3.8) is 0 Å². The molecule has 4 nitrogen and oxygen atoms in total. The Balaban J connectivity index is 0.00000261. The maximum absolute atomic E-state index is 13.0. The van der Waals surface area contributed by atoms with Crippen molar-refractivity contribution in [1.29, 1.82) is 0 Å². The SMILES string of the molecule is C=CCN1CCN(C(=O)Cc2ccc(Cl)c(Cl)c2)C(CN2CCCC2)C1.Cl. The molecule has 150 valence electrons. The molecule has 1 unspecified atom stereocenters. The minimum absolute atomic E-state index is 0. The molecular formula is C20H28Cl3N3O. The van der Waals surface area contributed by atoms with E-state index in [0.717, 1.165) is 51.4 Å². The second-order valence-corrected chi connectivity index (χ2v) is 8.04. The van der Waals surface area contributed by atoms with Gasteiger partial charge in [-0.2, -0.15) is 0 Å². The van der Waals surface area contributed by atoms with Gasteiger partial charge in [-0.05, 0) is 43.6 Å². The third kappa shape index (κ3) is 6.10. The standard InChI is InChI=1S/C20H27Cl2N3O.ClH/c1-2-7-23-10-11-25(17(14-23)15-24-8-3-4-9-24)20(26)13-16-5-6-18(21)19(22)12-16;/h2,5-6,12,17H,1,3-4,7-11,13-15H2;1H. The first kappa shape index (κ1) is 22.5. The summed E-state index contributed by atoms with van der Waals surface area (Å²) < 4.78 is 0. The van der Waals surface area contributed by atoms with Crippen molar-refractivity contribution in [2.24, 2.45) is 0 Å². The van der Waals surface area contributed by atoms with Crippen LogP contribution >= 0.6 is 35.6 Å². The van der Waals surface area contributed by atoms with Crippen LogP contribution in [0.1, 0.15) is 18.4 Å². The van der Waals surface area contributed by atoms with Crippen LogP contribution in [0.3, 0.4) is 0 Å². The van der Waals surface area contributed by atoms with E-state index >= 15 is 0 Å². The van der Waals surface area contributed by atoms with Crippen LogP contribution in [0.15, 0.2) is 30.9 Å². The fourth-order valence-electron chi connectivity index (χ4n) is 3.94. The van der Waals surface area contributed by atoms with Crippen molar-refractivity contribution in [2.45, 2.75) is 25.3 Å². The molecule has 0 saturated carbocycles. The van der Waals surface area contributed by atoms with E-state index in [1.807, 2.05) is 12.1 Å². The van der Waals surface area contributed by atoms with E-state index in [9.17, 15) is 4.79 Å². The number of benzene rings is 1. The van der Waals surface area contributed by atoms with Crippen LogP contribution in [0.4, 0.5) is 0 Å². The van der Waals surface area contributed by atoms with Gasteiger partial charge in [0.25, 0.3) is 0 Å². The monoisotopic (exact) mass is 431 g/mol. The Morgan fingerprint density at radius 3 is 2.52 bits per heavy atom. The molecule has 1 amide bonds. The van der Waals surface area contributed by atoms with Gasteiger partial charge in [-0.25, -0.2) is 0 Å². The topological polar surface area (TPSA) is 26.8 Å². The van der Waals surface area contributed by atoms with Gasteiger partial charge in [0, 0.05) is 32.7 Å². The van der Waals surface area contributed by atoms with Gasteiger partial charge in [-0.3, -0.25) is 9.69 Å². The van der Waals surface area contributed by atoms with Gasteiger partial charge in [0.1, 0.15) is 0 Å². The van der Waals surface area contributed by atoms with Gasteiger partial charge >= 0.3 is 0 Å². The number of hydrogen-bond donors (Lipinski definition) is 0. The van der Waals surface area contributed by atoms with Crippen LogP contribution < -0.4 is 0 Å². The van der Waals surface area contributed by atoms with E-state index in [4.69, 9.17) is 23.2 Å². The first-order valence-corrected chi connectivity index (χ1v) is 10.1. The molecule has 0 aliphatic carbocycles. The maximum atomic E-state index is 13.0. The van der Waals surface area contributed by atoms with Gasteiger partial charge in [0.15, 0.2) is 0 Å². The zero-order chi connectivity index (χ0) is 18.5. The van der Waals surface area contributed by atoms with Gasteiger partial charge in [-0.1, -0.05) is 35.3 Å². The number of halogens is 3. The minimum Gasteiger partial charge on any atom is -0.336 e.